The van der Waals surface area contributed by atoms with Crippen LogP contribution in [-0.2, 0) is 24.2 Å². The third kappa shape index (κ3) is 4.40. The Morgan fingerprint density at radius 3 is 2.62 bits per heavy atom. The van der Waals surface area contributed by atoms with Gasteiger partial charge in [-0.05, 0) is 61.1 Å². The van der Waals surface area contributed by atoms with E-state index in [1.54, 1.807) is 12.3 Å². The van der Waals surface area contributed by atoms with E-state index < -0.39 is 0 Å². The number of carbonyl (C=O) groups is 1. The number of carbonyl (C=O) groups excluding carboxylic acids is 1. The van der Waals surface area contributed by atoms with Gasteiger partial charge in [0.2, 0.25) is 5.91 Å². The van der Waals surface area contributed by atoms with Gasteiger partial charge in [-0.15, -0.1) is 0 Å². The molecule has 1 aromatic carbocycles. The second-order valence-corrected chi connectivity index (χ2v) is 8.14. The van der Waals surface area contributed by atoms with E-state index >= 15 is 0 Å². The molecule has 2 heterocycles. The summed E-state index contributed by atoms with van der Waals surface area (Å²) in [4.78, 5) is 16.5. The monoisotopic (exact) mass is 408 g/mol. The summed E-state index contributed by atoms with van der Waals surface area (Å²) >= 11 is 1.47. The molecule has 150 valence electrons. The van der Waals surface area contributed by atoms with Gasteiger partial charge in [-0.3, -0.25) is 4.79 Å². The fourth-order valence-electron chi connectivity index (χ4n) is 3.68. The molecule has 29 heavy (non-hydrogen) atoms. The average molecular weight is 409 g/mol. The first-order valence-corrected chi connectivity index (χ1v) is 10.7. The summed E-state index contributed by atoms with van der Waals surface area (Å²) in [5, 5.41) is 14.7. The summed E-state index contributed by atoms with van der Waals surface area (Å²) in [5.41, 5.74) is 9.77. The second kappa shape index (κ2) is 8.61. The summed E-state index contributed by atoms with van der Waals surface area (Å²) in [6, 6.07) is 13.1. The summed E-state index contributed by atoms with van der Waals surface area (Å²) in [7, 11) is 0. The van der Waals surface area contributed by atoms with Crippen molar-refractivity contribution in [1.82, 2.24) is 9.55 Å². The predicted octanol–water partition coefficient (Wildman–Crippen LogP) is 3.83. The van der Waals surface area contributed by atoms with Crippen molar-refractivity contribution in [2.24, 2.45) is 0 Å². The predicted molar refractivity (Wildman–Crippen MR) is 116 cm³/mol. The van der Waals surface area contributed by atoms with Gasteiger partial charge >= 0.3 is 0 Å². The van der Waals surface area contributed by atoms with Gasteiger partial charge in [-0.1, -0.05) is 30.0 Å². The number of thioether (sulfide) groups is 1. The summed E-state index contributed by atoms with van der Waals surface area (Å²) in [5.74, 6) is 1.01. The van der Waals surface area contributed by atoms with Crippen molar-refractivity contribution < 1.29 is 9.90 Å². The molecule has 0 radical (unpaired) electrons. The van der Waals surface area contributed by atoms with E-state index in [4.69, 9.17) is 5.73 Å². The molecule has 2 aromatic heterocycles. The molecule has 1 aliphatic carbocycles. The van der Waals surface area contributed by atoms with Crippen LogP contribution in [0, 0.1) is 0 Å². The first-order chi connectivity index (χ1) is 14.1. The maximum absolute atomic E-state index is 12.4. The third-order valence-corrected chi connectivity index (χ3v) is 6.24. The Balaban J connectivity index is 1.56. The van der Waals surface area contributed by atoms with Gasteiger partial charge < -0.3 is 20.7 Å². The molecule has 0 unspecified atom stereocenters. The van der Waals surface area contributed by atoms with E-state index in [0.717, 1.165) is 41.8 Å². The molecule has 3 aromatic rings. The first kappa shape index (κ1) is 19.4. The number of benzene rings is 1. The lowest BCUT2D eigenvalue weighted by Crippen LogP contribution is -2.15. The van der Waals surface area contributed by atoms with Crippen molar-refractivity contribution >= 4 is 29.2 Å². The number of nitrogen functional groups attached to an aromatic ring is 1. The quantitative estimate of drug-likeness (QED) is 0.426. The van der Waals surface area contributed by atoms with Crippen molar-refractivity contribution in [3.05, 3.63) is 65.4 Å². The fraction of sp³-hybridized carbons (Fsp3) is 0.273. The molecule has 0 aliphatic heterocycles. The van der Waals surface area contributed by atoms with Gasteiger partial charge in [0.15, 0.2) is 5.88 Å². The lowest BCUT2D eigenvalue weighted by molar-refractivity contribution is -0.113. The molecular formula is C22H24N4O2S. The number of pyridine rings is 1. The molecule has 0 spiro atoms. The van der Waals surface area contributed by atoms with Gasteiger partial charge in [0, 0.05) is 17.4 Å². The Hall–Kier alpha value is -2.93. The van der Waals surface area contributed by atoms with Gasteiger partial charge in [-0.2, -0.15) is 0 Å². The minimum absolute atomic E-state index is 0.113. The van der Waals surface area contributed by atoms with Gasteiger partial charge in [0.25, 0.3) is 0 Å². The standard InChI is InChI=1S/C22H24N4O2S/c23-16-10-8-15(9-11-16)13-26-21(28)17-5-1-2-6-18(17)22(26)29-14-20(27)25-19-7-3-4-12-24-19/h3-4,7-12,28H,1-2,5-6,13-14,23H2,(H,24,25,27). The number of anilines is 2. The molecule has 0 saturated heterocycles. The van der Waals surface area contributed by atoms with Crippen LogP contribution in [0.1, 0.15) is 29.5 Å². The summed E-state index contributed by atoms with van der Waals surface area (Å²) in [6.45, 7) is 0.545. The first-order valence-electron chi connectivity index (χ1n) is 9.73. The zero-order chi connectivity index (χ0) is 20.2. The average Bonchev–Trinajstić information content (AvgIpc) is 3.00. The van der Waals surface area contributed by atoms with Gasteiger partial charge in [-0.25, -0.2) is 4.98 Å². The Kier molecular flexibility index (Phi) is 5.76. The molecule has 0 atom stereocenters. The molecule has 4 rings (SSSR count). The van der Waals surface area contributed by atoms with Crippen LogP contribution in [0.3, 0.4) is 0 Å². The Morgan fingerprint density at radius 2 is 1.90 bits per heavy atom. The number of nitrogens with one attached hydrogen (secondary N) is 1. The maximum Gasteiger partial charge on any atom is 0.235 e. The summed E-state index contributed by atoms with van der Waals surface area (Å²) < 4.78 is 1.93. The third-order valence-electron chi connectivity index (χ3n) is 5.09. The van der Waals surface area contributed by atoms with Crippen molar-refractivity contribution in [3.63, 3.8) is 0 Å². The molecule has 0 bridgehead atoms. The van der Waals surface area contributed by atoms with Crippen LogP contribution in [0.2, 0.25) is 0 Å². The Morgan fingerprint density at radius 1 is 1.14 bits per heavy atom. The Labute approximate surface area is 174 Å². The van der Waals surface area contributed by atoms with Crippen molar-refractivity contribution in [2.45, 2.75) is 37.3 Å². The van der Waals surface area contributed by atoms with E-state index in [-0.39, 0.29) is 11.7 Å². The highest BCUT2D eigenvalue weighted by Gasteiger charge is 2.25. The van der Waals surface area contributed by atoms with Gasteiger partial charge in [0.1, 0.15) is 5.82 Å². The molecule has 7 heteroatoms. The highest BCUT2D eigenvalue weighted by molar-refractivity contribution is 8.00. The maximum atomic E-state index is 12.4. The molecule has 0 saturated carbocycles. The number of nitrogens with two attached hydrogens (primary N) is 1. The number of amides is 1. The molecule has 6 nitrogen and oxygen atoms in total. The van der Waals surface area contributed by atoms with Crippen molar-refractivity contribution in [3.8, 4) is 5.88 Å². The van der Waals surface area contributed by atoms with Crippen molar-refractivity contribution in [2.75, 3.05) is 16.8 Å². The Bertz CT molecular complexity index is 1000. The molecular weight excluding hydrogens is 384 g/mol. The van der Waals surface area contributed by atoms with Crippen LogP contribution in [0.15, 0.2) is 53.7 Å². The highest BCUT2D eigenvalue weighted by Crippen LogP contribution is 2.40. The number of nitrogens with zero attached hydrogens (tertiary/aromatic N) is 2. The number of fused-ring (bicyclic) bond motifs is 1. The molecule has 4 N–H and O–H groups in total. The number of aromatic nitrogens is 2. The topological polar surface area (TPSA) is 93.2 Å². The minimum Gasteiger partial charge on any atom is -0.494 e. The zero-order valence-corrected chi connectivity index (χ0v) is 16.9. The number of hydrogen-bond acceptors (Lipinski definition) is 5. The van der Waals surface area contributed by atoms with Crippen LogP contribution < -0.4 is 11.1 Å². The second-order valence-electron chi connectivity index (χ2n) is 7.17. The van der Waals surface area contributed by atoms with Crippen LogP contribution in [0.25, 0.3) is 0 Å². The van der Waals surface area contributed by atoms with E-state index in [1.165, 1.54) is 17.3 Å². The highest BCUT2D eigenvalue weighted by atomic mass is 32.2. The van der Waals surface area contributed by atoms with Crippen molar-refractivity contribution in [1.29, 1.82) is 0 Å². The fourth-order valence-corrected chi connectivity index (χ4v) is 4.72. The SMILES string of the molecule is Nc1ccc(Cn2c(O)c3c(c2SCC(=O)Nc2ccccn2)CCCC3)cc1. The normalized spacial score (nSPS) is 13.1. The molecule has 0 fully saturated rings. The van der Waals surface area contributed by atoms with Crippen LogP contribution in [-0.4, -0.2) is 26.3 Å². The van der Waals surface area contributed by atoms with E-state index in [1.807, 2.05) is 41.0 Å². The molecule has 1 amide bonds. The smallest absolute Gasteiger partial charge is 0.235 e. The van der Waals surface area contributed by atoms with E-state index in [9.17, 15) is 9.90 Å². The summed E-state index contributed by atoms with van der Waals surface area (Å²) in [6.07, 6.45) is 5.64. The zero-order valence-electron chi connectivity index (χ0n) is 16.1. The lowest BCUT2D eigenvalue weighted by Gasteiger charge is -2.13. The number of hydrogen-bond donors (Lipinski definition) is 3. The largest absolute Gasteiger partial charge is 0.494 e. The van der Waals surface area contributed by atoms with E-state index in [0.29, 0.717) is 23.9 Å². The number of rotatable bonds is 6. The van der Waals surface area contributed by atoms with Gasteiger partial charge in [0.05, 0.1) is 17.3 Å². The van der Waals surface area contributed by atoms with Crippen LogP contribution in [0.4, 0.5) is 11.5 Å². The van der Waals surface area contributed by atoms with E-state index in [2.05, 4.69) is 10.3 Å². The minimum atomic E-state index is -0.113. The lowest BCUT2D eigenvalue weighted by atomic mass is 9.95. The van der Waals surface area contributed by atoms with Crippen LogP contribution >= 0.6 is 11.8 Å². The number of aromatic hydroxyl groups is 1. The van der Waals surface area contributed by atoms with Crippen LogP contribution in [0.5, 0.6) is 5.88 Å². The molecule has 1 aliphatic rings.